The van der Waals surface area contributed by atoms with Gasteiger partial charge in [-0.2, -0.15) is 0 Å². The number of hydrogen-bond donors (Lipinski definition) is 1. The SMILES string of the molecule is CCCOc1ccc(/C=C/C(=O)Nc2ccnc(C)c2)cc1. The normalized spacial score (nSPS) is 10.6. The average Bonchev–Trinajstić information content (AvgIpc) is 2.52. The van der Waals surface area contributed by atoms with E-state index in [1.165, 1.54) is 6.08 Å². The Balaban J connectivity index is 1.92. The number of anilines is 1. The van der Waals surface area contributed by atoms with Crippen LogP contribution in [-0.2, 0) is 4.79 Å². The summed E-state index contributed by atoms with van der Waals surface area (Å²) < 4.78 is 5.52. The number of aryl methyl sites for hydroxylation is 1. The molecule has 114 valence electrons. The van der Waals surface area contributed by atoms with Gasteiger partial charge in [0, 0.05) is 23.7 Å². The highest BCUT2D eigenvalue weighted by Crippen LogP contribution is 2.13. The minimum Gasteiger partial charge on any atom is -0.494 e. The van der Waals surface area contributed by atoms with E-state index in [-0.39, 0.29) is 5.91 Å². The summed E-state index contributed by atoms with van der Waals surface area (Å²) in [7, 11) is 0. The van der Waals surface area contributed by atoms with E-state index in [1.807, 2.05) is 37.3 Å². The van der Waals surface area contributed by atoms with E-state index in [2.05, 4.69) is 17.2 Å². The molecule has 1 N–H and O–H groups in total. The molecule has 4 heteroatoms. The molecule has 1 heterocycles. The second-order valence-electron chi connectivity index (χ2n) is 4.93. The largest absolute Gasteiger partial charge is 0.494 e. The Bertz CT molecular complexity index is 648. The van der Waals surface area contributed by atoms with Gasteiger partial charge in [-0.05, 0) is 49.2 Å². The fraction of sp³-hybridized carbons (Fsp3) is 0.222. The number of pyridine rings is 1. The van der Waals surface area contributed by atoms with Gasteiger partial charge in [-0.15, -0.1) is 0 Å². The third-order valence-electron chi connectivity index (χ3n) is 2.94. The van der Waals surface area contributed by atoms with Gasteiger partial charge >= 0.3 is 0 Å². The molecule has 1 amide bonds. The molecule has 4 nitrogen and oxygen atoms in total. The van der Waals surface area contributed by atoms with Gasteiger partial charge in [0.2, 0.25) is 5.91 Å². The van der Waals surface area contributed by atoms with Crippen LogP contribution in [0.25, 0.3) is 6.08 Å². The van der Waals surface area contributed by atoms with Crippen molar-refractivity contribution in [3.05, 3.63) is 59.9 Å². The van der Waals surface area contributed by atoms with Gasteiger partial charge < -0.3 is 10.1 Å². The van der Waals surface area contributed by atoms with E-state index in [0.29, 0.717) is 6.61 Å². The van der Waals surface area contributed by atoms with Crippen LogP contribution < -0.4 is 10.1 Å². The van der Waals surface area contributed by atoms with Crippen LogP contribution in [0.4, 0.5) is 5.69 Å². The molecule has 0 bridgehead atoms. The first-order chi connectivity index (χ1) is 10.7. The van der Waals surface area contributed by atoms with Gasteiger partial charge in [0.05, 0.1) is 6.61 Å². The smallest absolute Gasteiger partial charge is 0.248 e. The van der Waals surface area contributed by atoms with Crippen molar-refractivity contribution in [2.75, 3.05) is 11.9 Å². The van der Waals surface area contributed by atoms with Crippen molar-refractivity contribution >= 4 is 17.7 Å². The van der Waals surface area contributed by atoms with E-state index < -0.39 is 0 Å². The first-order valence-electron chi connectivity index (χ1n) is 7.32. The summed E-state index contributed by atoms with van der Waals surface area (Å²) in [5, 5.41) is 2.80. The van der Waals surface area contributed by atoms with Gasteiger partial charge in [-0.1, -0.05) is 19.1 Å². The molecule has 0 aliphatic rings. The predicted octanol–water partition coefficient (Wildman–Crippen LogP) is 3.83. The summed E-state index contributed by atoms with van der Waals surface area (Å²) in [5.74, 6) is 0.674. The summed E-state index contributed by atoms with van der Waals surface area (Å²) in [5.41, 5.74) is 2.56. The Hall–Kier alpha value is -2.62. The molecule has 1 aromatic heterocycles. The molecule has 0 radical (unpaired) electrons. The van der Waals surface area contributed by atoms with Gasteiger partial charge in [-0.3, -0.25) is 9.78 Å². The first-order valence-corrected chi connectivity index (χ1v) is 7.32. The molecule has 1 aromatic carbocycles. The van der Waals surface area contributed by atoms with Crippen LogP contribution in [0, 0.1) is 6.92 Å². The van der Waals surface area contributed by atoms with Crippen LogP contribution in [0.15, 0.2) is 48.7 Å². The molecule has 0 spiro atoms. The number of amides is 1. The molecule has 0 saturated heterocycles. The van der Waals surface area contributed by atoms with E-state index >= 15 is 0 Å². The lowest BCUT2D eigenvalue weighted by molar-refractivity contribution is -0.111. The molecule has 0 unspecified atom stereocenters. The van der Waals surface area contributed by atoms with Crippen molar-refractivity contribution in [1.82, 2.24) is 4.98 Å². The number of hydrogen-bond acceptors (Lipinski definition) is 3. The van der Waals surface area contributed by atoms with E-state index in [1.54, 1.807) is 18.3 Å². The van der Waals surface area contributed by atoms with Crippen molar-refractivity contribution < 1.29 is 9.53 Å². The molecular weight excluding hydrogens is 276 g/mol. The number of rotatable bonds is 6. The minimum atomic E-state index is -0.170. The fourth-order valence-electron chi connectivity index (χ4n) is 1.87. The molecular formula is C18H20N2O2. The lowest BCUT2D eigenvalue weighted by Crippen LogP contribution is -2.07. The maximum absolute atomic E-state index is 11.9. The highest BCUT2D eigenvalue weighted by atomic mass is 16.5. The maximum Gasteiger partial charge on any atom is 0.248 e. The summed E-state index contributed by atoms with van der Waals surface area (Å²) in [6.07, 6.45) is 5.94. The highest BCUT2D eigenvalue weighted by molar-refractivity contribution is 6.01. The Morgan fingerprint density at radius 2 is 2.05 bits per heavy atom. The topological polar surface area (TPSA) is 51.2 Å². The first kappa shape index (κ1) is 15.8. The van der Waals surface area contributed by atoms with Crippen LogP contribution in [0.2, 0.25) is 0 Å². The van der Waals surface area contributed by atoms with Crippen LogP contribution >= 0.6 is 0 Å². The molecule has 22 heavy (non-hydrogen) atoms. The molecule has 0 aliphatic heterocycles. The van der Waals surface area contributed by atoms with Gasteiger partial charge in [0.25, 0.3) is 0 Å². The van der Waals surface area contributed by atoms with Gasteiger partial charge in [0.15, 0.2) is 0 Å². The minimum absolute atomic E-state index is 0.170. The fourth-order valence-corrected chi connectivity index (χ4v) is 1.87. The maximum atomic E-state index is 11.9. The standard InChI is InChI=1S/C18H20N2O2/c1-3-12-22-17-7-4-15(5-8-17)6-9-18(21)20-16-10-11-19-14(2)13-16/h4-11,13H,3,12H2,1-2H3,(H,19,20,21)/b9-6+. The zero-order valence-electron chi connectivity index (χ0n) is 12.9. The van der Waals surface area contributed by atoms with Crippen LogP contribution in [0.3, 0.4) is 0 Å². The van der Waals surface area contributed by atoms with E-state index in [4.69, 9.17) is 4.74 Å². The van der Waals surface area contributed by atoms with Crippen molar-refractivity contribution in [3.63, 3.8) is 0 Å². The summed E-state index contributed by atoms with van der Waals surface area (Å²) in [6.45, 7) is 4.66. The molecule has 2 aromatic rings. The molecule has 0 saturated carbocycles. The number of nitrogens with one attached hydrogen (secondary N) is 1. The van der Waals surface area contributed by atoms with Gasteiger partial charge in [-0.25, -0.2) is 0 Å². The monoisotopic (exact) mass is 296 g/mol. The third-order valence-corrected chi connectivity index (χ3v) is 2.94. The summed E-state index contributed by atoms with van der Waals surface area (Å²) >= 11 is 0. The van der Waals surface area contributed by atoms with E-state index in [0.717, 1.165) is 29.1 Å². The Morgan fingerprint density at radius 3 is 2.73 bits per heavy atom. The number of carbonyl (C=O) groups excluding carboxylic acids is 1. The quantitative estimate of drug-likeness (QED) is 0.824. The van der Waals surface area contributed by atoms with Crippen LogP contribution in [0.5, 0.6) is 5.75 Å². The molecule has 0 fully saturated rings. The highest BCUT2D eigenvalue weighted by Gasteiger charge is 1.98. The lowest BCUT2D eigenvalue weighted by Gasteiger charge is -2.04. The van der Waals surface area contributed by atoms with Crippen molar-refractivity contribution in [2.24, 2.45) is 0 Å². The second-order valence-corrected chi connectivity index (χ2v) is 4.93. The zero-order valence-corrected chi connectivity index (χ0v) is 12.9. The van der Waals surface area contributed by atoms with Crippen molar-refractivity contribution in [3.8, 4) is 5.75 Å². The molecule has 2 rings (SSSR count). The number of benzene rings is 1. The second kappa shape index (κ2) is 7.98. The Kier molecular flexibility index (Phi) is 5.72. The predicted molar refractivity (Wildman–Crippen MR) is 88.9 cm³/mol. The third kappa shape index (κ3) is 5.05. The summed E-state index contributed by atoms with van der Waals surface area (Å²) in [4.78, 5) is 16.0. The van der Waals surface area contributed by atoms with E-state index in [9.17, 15) is 4.79 Å². The Morgan fingerprint density at radius 1 is 1.27 bits per heavy atom. The lowest BCUT2D eigenvalue weighted by atomic mass is 10.2. The molecule has 0 aliphatic carbocycles. The zero-order chi connectivity index (χ0) is 15.8. The van der Waals surface area contributed by atoms with Gasteiger partial charge in [0.1, 0.15) is 5.75 Å². The Labute approximate surface area is 130 Å². The number of ether oxygens (including phenoxy) is 1. The number of aromatic nitrogens is 1. The van der Waals surface area contributed by atoms with Crippen molar-refractivity contribution in [2.45, 2.75) is 20.3 Å². The molecule has 0 atom stereocenters. The number of nitrogens with zero attached hydrogens (tertiary/aromatic N) is 1. The number of carbonyl (C=O) groups is 1. The van der Waals surface area contributed by atoms with Crippen molar-refractivity contribution in [1.29, 1.82) is 0 Å². The van der Waals surface area contributed by atoms with Crippen LogP contribution in [-0.4, -0.2) is 17.5 Å². The average molecular weight is 296 g/mol. The summed E-state index contributed by atoms with van der Waals surface area (Å²) in [6, 6.07) is 11.2. The van der Waals surface area contributed by atoms with Crippen LogP contribution in [0.1, 0.15) is 24.6 Å².